The van der Waals surface area contributed by atoms with Crippen molar-refractivity contribution >= 4 is 0 Å². The molecule has 1 radical (unpaired) electrons. The molecule has 1 aliphatic heterocycles. The molecule has 0 bridgehead atoms. The molecule has 1 saturated heterocycles. The second-order valence-electron chi connectivity index (χ2n) is 8.22. The first-order valence-electron chi connectivity index (χ1n) is 8.31. The molecule has 2 heteroatoms. The smallest absolute Gasteiger partial charge is 0.0125 e. The summed E-state index contributed by atoms with van der Waals surface area (Å²) in [5.41, 5.74) is 7.70. The van der Waals surface area contributed by atoms with Crippen molar-refractivity contribution in [3.05, 3.63) is 41.3 Å². The summed E-state index contributed by atoms with van der Waals surface area (Å²) >= 11 is 0. The standard InChI is InChI=1S/C20H32N.CH3.Y/c1-14-13-18(17(4)16(3)15(14)2)20(8)9-11-21(12-10-20)19(5,6)7;;/h9-12H2,1-8H3;1H3;/q2*-1;. The molecule has 1 heterocycles. The Labute approximate surface area is 170 Å². The van der Waals surface area contributed by atoms with Crippen molar-refractivity contribution in [3.63, 3.8) is 0 Å². The van der Waals surface area contributed by atoms with Gasteiger partial charge in [0.2, 0.25) is 0 Å². The second-order valence-corrected chi connectivity index (χ2v) is 8.22. The van der Waals surface area contributed by atoms with Crippen LogP contribution in [0.2, 0.25) is 0 Å². The Morgan fingerprint density at radius 3 is 1.83 bits per heavy atom. The summed E-state index contributed by atoms with van der Waals surface area (Å²) in [7, 11) is 0. The second kappa shape index (κ2) is 8.11. The zero-order valence-electron chi connectivity index (χ0n) is 16.9. The fraction of sp³-hybridized carbons (Fsp3) is 0.667. The van der Waals surface area contributed by atoms with Crippen molar-refractivity contribution < 1.29 is 32.7 Å². The molecule has 1 aliphatic rings. The normalized spacial score (nSPS) is 18.1. The average molecular weight is 390 g/mol. The van der Waals surface area contributed by atoms with Crippen molar-refractivity contribution in [2.45, 2.75) is 79.2 Å². The van der Waals surface area contributed by atoms with Crippen LogP contribution in [0.15, 0.2) is 0 Å². The number of likely N-dealkylation sites (tertiary alicyclic amines) is 1. The third kappa shape index (κ3) is 4.68. The molecule has 23 heavy (non-hydrogen) atoms. The predicted molar refractivity (Wildman–Crippen MR) is 98.6 cm³/mol. The summed E-state index contributed by atoms with van der Waals surface area (Å²) in [5, 5.41) is 0. The largest absolute Gasteiger partial charge is 0.358 e. The summed E-state index contributed by atoms with van der Waals surface area (Å²) in [5.74, 6) is 0. The Bertz CT molecular complexity index is 532. The molecule has 0 spiro atoms. The number of hydrogen-bond donors (Lipinski definition) is 0. The van der Waals surface area contributed by atoms with E-state index in [0.29, 0.717) is 5.54 Å². The van der Waals surface area contributed by atoms with Gasteiger partial charge < -0.3 is 7.43 Å². The number of aryl methyl sites for hydroxylation is 1. The first-order chi connectivity index (χ1) is 9.56. The van der Waals surface area contributed by atoms with Gasteiger partial charge in [0.05, 0.1) is 0 Å². The van der Waals surface area contributed by atoms with E-state index in [-0.39, 0.29) is 45.6 Å². The quantitative estimate of drug-likeness (QED) is 0.587. The van der Waals surface area contributed by atoms with Crippen molar-refractivity contribution in [1.29, 1.82) is 0 Å². The van der Waals surface area contributed by atoms with E-state index in [1.165, 1.54) is 53.7 Å². The summed E-state index contributed by atoms with van der Waals surface area (Å²) in [6.07, 6.45) is 2.48. The van der Waals surface area contributed by atoms with Gasteiger partial charge in [0.15, 0.2) is 0 Å². The molecule has 0 saturated carbocycles. The fourth-order valence-electron chi connectivity index (χ4n) is 3.65. The Morgan fingerprint density at radius 2 is 1.39 bits per heavy atom. The van der Waals surface area contributed by atoms with Crippen LogP contribution < -0.4 is 0 Å². The van der Waals surface area contributed by atoms with Gasteiger partial charge in [-0.15, -0.1) is 0 Å². The van der Waals surface area contributed by atoms with Crippen LogP contribution in [-0.4, -0.2) is 23.5 Å². The Balaban J connectivity index is 0.00000242. The first-order valence-corrected chi connectivity index (χ1v) is 8.31. The van der Waals surface area contributed by atoms with Crippen LogP contribution in [0.5, 0.6) is 0 Å². The van der Waals surface area contributed by atoms with E-state index in [9.17, 15) is 0 Å². The van der Waals surface area contributed by atoms with E-state index in [0.717, 1.165) is 0 Å². The molecule has 0 aliphatic carbocycles. The third-order valence-electron chi connectivity index (χ3n) is 5.79. The van der Waals surface area contributed by atoms with Crippen molar-refractivity contribution in [2.75, 3.05) is 13.1 Å². The minimum Gasteiger partial charge on any atom is -0.358 e. The molecular formula is C21H35NY-2. The zero-order chi connectivity index (χ0) is 16.0. The number of nitrogens with zero attached hydrogens (tertiary/aromatic N) is 1. The maximum atomic E-state index is 3.73. The maximum Gasteiger partial charge on any atom is 0.0125 e. The molecule has 1 aromatic carbocycles. The maximum absolute atomic E-state index is 3.73. The number of benzene rings is 1. The van der Waals surface area contributed by atoms with Crippen molar-refractivity contribution in [3.8, 4) is 0 Å². The van der Waals surface area contributed by atoms with Gasteiger partial charge in [0.1, 0.15) is 0 Å². The van der Waals surface area contributed by atoms with Crippen LogP contribution in [0, 0.1) is 41.2 Å². The van der Waals surface area contributed by atoms with Gasteiger partial charge in [-0.2, -0.15) is 33.9 Å². The van der Waals surface area contributed by atoms with Gasteiger partial charge in [0.25, 0.3) is 0 Å². The summed E-state index contributed by atoms with van der Waals surface area (Å²) in [6, 6.07) is 3.73. The Kier molecular flexibility index (Phi) is 8.21. The van der Waals surface area contributed by atoms with E-state index in [1.807, 2.05) is 0 Å². The summed E-state index contributed by atoms with van der Waals surface area (Å²) in [4.78, 5) is 2.62. The van der Waals surface area contributed by atoms with Crippen LogP contribution in [-0.2, 0) is 38.1 Å². The van der Waals surface area contributed by atoms with Gasteiger partial charge in [0, 0.05) is 38.2 Å². The Morgan fingerprint density at radius 1 is 0.913 bits per heavy atom. The SMILES string of the molecule is Cc1[c-]c(C2(C)CCN(C(C)(C)C)CC2)c(C)c(C)c1C.[CH3-].[Y]. The van der Waals surface area contributed by atoms with Crippen LogP contribution in [0.1, 0.15) is 68.4 Å². The number of rotatable bonds is 1. The number of piperidine rings is 1. The molecular weight excluding hydrogens is 355 g/mol. The summed E-state index contributed by atoms with van der Waals surface area (Å²) < 4.78 is 0. The number of hydrogen-bond acceptors (Lipinski definition) is 1. The van der Waals surface area contributed by atoms with Crippen LogP contribution in [0.4, 0.5) is 0 Å². The molecule has 129 valence electrons. The van der Waals surface area contributed by atoms with Gasteiger partial charge in [-0.05, 0) is 52.1 Å². The minimum atomic E-state index is 0. The predicted octanol–water partition coefficient (Wildman–Crippen LogP) is 5.32. The van der Waals surface area contributed by atoms with E-state index < -0.39 is 0 Å². The molecule has 0 aromatic heterocycles. The van der Waals surface area contributed by atoms with E-state index in [1.54, 1.807) is 0 Å². The molecule has 2 rings (SSSR count). The first kappa shape index (κ1) is 23.3. The third-order valence-corrected chi connectivity index (χ3v) is 5.79. The fourth-order valence-corrected chi connectivity index (χ4v) is 3.65. The molecule has 1 aromatic rings. The summed E-state index contributed by atoms with van der Waals surface area (Å²) in [6.45, 7) is 20.8. The van der Waals surface area contributed by atoms with Crippen LogP contribution in [0.25, 0.3) is 0 Å². The van der Waals surface area contributed by atoms with Gasteiger partial charge in [-0.3, -0.25) is 4.90 Å². The molecule has 0 N–H and O–H groups in total. The molecule has 1 fully saturated rings. The van der Waals surface area contributed by atoms with Crippen LogP contribution in [0.3, 0.4) is 0 Å². The van der Waals surface area contributed by atoms with Crippen molar-refractivity contribution in [1.82, 2.24) is 4.90 Å². The molecule has 0 unspecified atom stereocenters. The Hall–Kier alpha value is 0.284. The van der Waals surface area contributed by atoms with Gasteiger partial charge >= 0.3 is 0 Å². The van der Waals surface area contributed by atoms with Crippen LogP contribution >= 0.6 is 0 Å². The molecule has 0 atom stereocenters. The molecule has 0 amide bonds. The van der Waals surface area contributed by atoms with Crippen molar-refractivity contribution in [2.24, 2.45) is 0 Å². The van der Waals surface area contributed by atoms with E-state index in [2.05, 4.69) is 66.4 Å². The van der Waals surface area contributed by atoms with E-state index >= 15 is 0 Å². The molecule has 1 nitrogen and oxygen atoms in total. The minimum absolute atomic E-state index is 0. The van der Waals surface area contributed by atoms with E-state index in [4.69, 9.17) is 0 Å². The average Bonchev–Trinajstić information content (AvgIpc) is 2.40. The van der Waals surface area contributed by atoms with Gasteiger partial charge in [-0.25, -0.2) is 0 Å². The van der Waals surface area contributed by atoms with Gasteiger partial charge in [-0.1, -0.05) is 34.6 Å². The monoisotopic (exact) mass is 390 g/mol. The topological polar surface area (TPSA) is 3.24 Å². The zero-order valence-corrected chi connectivity index (χ0v) is 19.7.